The lowest BCUT2D eigenvalue weighted by Gasteiger charge is -2.33. The summed E-state index contributed by atoms with van der Waals surface area (Å²) in [7, 11) is 0. The highest BCUT2D eigenvalue weighted by molar-refractivity contribution is 5.90. The summed E-state index contributed by atoms with van der Waals surface area (Å²) in [5.74, 6) is -0.183. The predicted octanol–water partition coefficient (Wildman–Crippen LogP) is 7.32. The summed E-state index contributed by atoms with van der Waals surface area (Å²) in [6.07, 6.45) is 1.55. The van der Waals surface area contributed by atoms with E-state index in [1.807, 2.05) is 68.4 Å². The second-order valence-electron chi connectivity index (χ2n) is 10.0. The van der Waals surface area contributed by atoms with Gasteiger partial charge in [-0.3, -0.25) is 0 Å². The van der Waals surface area contributed by atoms with Crippen molar-refractivity contribution in [2.75, 3.05) is 6.54 Å². The highest BCUT2D eigenvalue weighted by Gasteiger charge is 2.30. The molecule has 0 saturated heterocycles. The Hall–Kier alpha value is -3.70. The van der Waals surface area contributed by atoms with Gasteiger partial charge in [-0.15, -0.1) is 0 Å². The standard InChI is InChI=1S/C32H32FNO3/c1-19-16-22(17-28(20(19)2)32(35)36)29-18-23(37-31-11-7-6-10-27(29)31)14-15-34-21(3)24-12-13-30(33)26-9-5-4-8-25(24)26/h4-13,16-17,21,23,29,34H,14-15,18H2,1-3H3,(H,35,36)/t21-,23+,29+/m1/s1. The van der Waals surface area contributed by atoms with Gasteiger partial charge in [0.2, 0.25) is 0 Å². The summed E-state index contributed by atoms with van der Waals surface area (Å²) in [4.78, 5) is 11.9. The van der Waals surface area contributed by atoms with Crippen molar-refractivity contribution in [3.63, 3.8) is 0 Å². The maximum atomic E-state index is 14.3. The molecular weight excluding hydrogens is 465 g/mol. The van der Waals surface area contributed by atoms with Gasteiger partial charge < -0.3 is 15.2 Å². The quantitative estimate of drug-likeness (QED) is 0.281. The number of halogens is 1. The minimum atomic E-state index is -0.897. The largest absolute Gasteiger partial charge is 0.490 e. The Labute approximate surface area is 217 Å². The molecule has 1 heterocycles. The number of rotatable bonds is 7. The number of aryl methyl sites for hydroxylation is 1. The van der Waals surface area contributed by atoms with Crippen molar-refractivity contribution < 1.29 is 19.0 Å². The van der Waals surface area contributed by atoms with E-state index >= 15 is 0 Å². The maximum Gasteiger partial charge on any atom is 0.335 e. The number of carbonyl (C=O) groups is 1. The number of para-hydroxylation sites is 1. The first-order chi connectivity index (χ1) is 17.8. The molecule has 0 saturated carbocycles. The highest BCUT2D eigenvalue weighted by Crippen LogP contribution is 2.42. The third-order valence-corrected chi connectivity index (χ3v) is 7.70. The minimum absolute atomic E-state index is 0.0144. The second kappa shape index (κ2) is 10.3. The van der Waals surface area contributed by atoms with Gasteiger partial charge >= 0.3 is 5.97 Å². The number of aromatic carboxylic acids is 1. The van der Waals surface area contributed by atoms with E-state index in [1.165, 1.54) is 6.07 Å². The van der Waals surface area contributed by atoms with Gasteiger partial charge in [-0.05, 0) is 86.0 Å². The first-order valence-corrected chi connectivity index (χ1v) is 12.8. The van der Waals surface area contributed by atoms with Crippen molar-refractivity contribution in [1.82, 2.24) is 5.32 Å². The fourth-order valence-electron chi connectivity index (χ4n) is 5.53. The lowest BCUT2D eigenvalue weighted by atomic mass is 9.81. The molecule has 4 aromatic rings. The Balaban J connectivity index is 1.34. The Morgan fingerprint density at radius 2 is 1.78 bits per heavy atom. The van der Waals surface area contributed by atoms with Gasteiger partial charge in [-0.2, -0.15) is 0 Å². The SMILES string of the molecule is Cc1cc([C@@H]2C[C@H](CCN[C@H](C)c3ccc(F)c4ccccc34)Oc3ccccc32)cc(C(=O)O)c1C. The average Bonchev–Trinajstić information content (AvgIpc) is 2.90. The van der Waals surface area contributed by atoms with E-state index in [0.29, 0.717) is 10.9 Å². The smallest absolute Gasteiger partial charge is 0.335 e. The summed E-state index contributed by atoms with van der Waals surface area (Å²) in [5.41, 5.74) is 5.33. The van der Waals surface area contributed by atoms with Gasteiger partial charge in [0.05, 0.1) is 5.56 Å². The Morgan fingerprint density at radius 3 is 2.57 bits per heavy atom. The van der Waals surface area contributed by atoms with Gasteiger partial charge in [0.15, 0.2) is 0 Å². The average molecular weight is 498 g/mol. The number of benzene rings is 4. The molecule has 5 rings (SSSR count). The van der Waals surface area contributed by atoms with Crippen molar-refractivity contribution >= 4 is 16.7 Å². The van der Waals surface area contributed by atoms with Crippen LogP contribution in [0.2, 0.25) is 0 Å². The van der Waals surface area contributed by atoms with E-state index in [2.05, 4.69) is 24.4 Å². The number of ether oxygens (including phenoxy) is 1. The van der Waals surface area contributed by atoms with Crippen molar-refractivity contribution in [1.29, 1.82) is 0 Å². The number of hydrogen-bond donors (Lipinski definition) is 2. The zero-order chi connectivity index (χ0) is 26.1. The molecule has 1 aliphatic rings. The number of carboxylic acids is 1. The highest BCUT2D eigenvalue weighted by atomic mass is 19.1. The van der Waals surface area contributed by atoms with Crippen LogP contribution in [0.4, 0.5) is 4.39 Å². The van der Waals surface area contributed by atoms with E-state index in [4.69, 9.17) is 4.74 Å². The third-order valence-electron chi connectivity index (χ3n) is 7.70. The normalized spacial score (nSPS) is 17.7. The van der Waals surface area contributed by atoms with Crippen LogP contribution in [-0.4, -0.2) is 23.7 Å². The second-order valence-corrected chi connectivity index (χ2v) is 10.0. The minimum Gasteiger partial charge on any atom is -0.490 e. The van der Waals surface area contributed by atoms with E-state index in [0.717, 1.165) is 58.3 Å². The van der Waals surface area contributed by atoms with Crippen LogP contribution in [0.3, 0.4) is 0 Å². The number of nitrogens with one attached hydrogen (secondary N) is 1. The van der Waals surface area contributed by atoms with Crippen molar-refractivity contribution in [2.24, 2.45) is 0 Å². The van der Waals surface area contributed by atoms with E-state index in [-0.39, 0.29) is 23.9 Å². The van der Waals surface area contributed by atoms with E-state index in [9.17, 15) is 14.3 Å². The van der Waals surface area contributed by atoms with Crippen LogP contribution in [0.1, 0.15) is 69.9 Å². The van der Waals surface area contributed by atoms with Crippen LogP contribution in [-0.2, 0) is 0 Å². The van der Waals surface area contributed by atoms with Gasteiger partial charge in [-0.25, -0.2) is 9.18 Å². The topological polar surface area (TPSA) is 58.6 Å². The maximum absolute atomic E-state index is 14.3. The molecule has 0 bridgehead atoms. The lowest BCUT2D eigenvalue weighted by Crippen LogP contribution is -2.31. The lowest BCUT2D eigenvalue weighted by molar-refractivity contribution is 0.0696. The molecule has 37 heavy (non-hydrogen) atoms. The number of fused-ring (bicyclic) bond motifs is 2. The summed E-state index contributed by atoms with van der Waals surface area (Å²) in [5, 5.41) is 14.9. The Bertz CT molecular complexity index is 1460. The molecule has 0 amide bonds. The summed E-state index contributed by atoms with van der Waals surface area (Å²) >= 11 is 0. The van der Waals surface area contributed by atoms with Crippen LogP contribution in [0.15, 0.2) is 72.8 Å². The third kappa shape index (κ3) is 4.96. The Kier molecular flexibility index (Phi) is 6.98. The molecule has 3 atom stereocenters. The fourth-order valence-corrected chi connectivity index (χ4v) is 5.53. The van der Waals surface area contributed by atoms with Gasteiger partial charge in [0, 0.05) is 22.9 Å². The monoisotopic (exact) mass is 497 g/mol. The molecule has 2 N–H and O–H groups in total. The van der Waals surface area contributed by atoms with Crippen LogP contribution >= 0.6 is 0 Å². The summed E-state index contributed by atoms with van der Waals surface area (Å²) in [6, 6.07) is 23.0. The van der Waals surface area contributed by atoms with Crippen LogP contribution < -0.4 is 10.1 Å². The molecule has 5 heteroatoms. The van der Waals surface area contributed by atoms with Gasteiger partial charge in [-0.1, -0.05) is 54.6 Å². The number of carboxylic acid groups (broad SMARTS) is 1. The summed E-state index contributed by atoms with van der Waals surface area (Å²) < 4.78 is 20.7. The molecule has 1 aliphatic heterocycles. The first kappa shape index (κ1) is 25.0. The number of hydrogen-bond acceptors (Lipinski definition) is 3. The molecular formula is C32H32FNO3. The summed E-state index contributed by atoms with van der Waals surface area (Å²) in [6.45, 7) is 6.67. The molecule has 0 fully saturated rings. The molecule has 4 nitrogen and oxygen atoms in total. The van der Waals surface area contributed by atoms with Gasteiger partial charge in [0.1, 0.15) is 17.7 Å². The molecule has 0 radical (unpaired) electrons. The van der Waals surface area contributed by atoms with E-state index in [1.54, 1.807) is 0 Å². The molecule has 0 unspecified atom stereocenters. The van der Waals surface area contributed by atoms with E-state index < -0.39 is 5.97 Å². The zero-order valence-corrected chi connectivity index (χ0v) is 21.4. The van der Waals surface area contributed by atoms with Crippen molar-refractivity contribution in [3.05, 3.63) is 112 Å². The van der Waals surface area contributed by atoms with Crippen LogP contribution in [0.5, 0.6) is 5.75 Å². The zero-order valence-electron chi connectivity index (χ0n) is 21.4. The van der Waals surface area contributed by atoms with Crippen molar-refractivity contribution in [3.8, 4) is 5.75 Å². The van der Waals surface area contributed by atoms with Crippen LogP contribution in [0, 0.1) is 19.7 Å². The Morgan fingerprint density at radius 1 is 1.05 bits per heavy atom. The molecule has 4 aromatic carbocycles. The fraction of sp³-hybridized carbons (Fsp3) is 0.281. The predicted molar refractivity (Wildman–Crippen MR) is 145 cm³/mol. The molecule has 190 valence electrons. The van der Waals surface area contributed by atoms with Crippen molar-refractivity contribution in [2.45, 2.75) is 51.7 Å². The van der Waals surface area contributed by atoms with Crippen LogP contribution in [0.25, 0.3) is 10.8 Å². The van der Waals surface area contributed by atoms with Gasteiger partial charge in [0.25, 0.3) is 0 Å². The molecule has 0 aliphatic carbocycles. The first-order valence-electron chi connectivity index (χ1n) is 12.8. The molecule has 0 aromatic heterocycles. The molecule has 0 spiro atoms.